The molecule has 0 bridgehead atoms. The lowest BCUT2D eigenvalue weighted by Crippen LogP contribution is -1.75. The van der Waals surface area contributed by atoms with E-state index in [0.717, 1.165) is 6.42 Å². The van der Waals surface area contributed by atoms with Gasteiger partial charge in [0.05, 0.1) is 0 Å². The molecule has 10 heavy (non-hydrogen) atoms. The number of allylic oxidation sites excluding steroid dienone is 2. The maximum atomic E-state index is 3.80. The van der Waals surface area contributed by atoms with Crippen molar-refractivity contribution in [3.05, 3.63) is 26.0 Å². The van der Waals surface area contributed by atoms with Crippen LogP contribution in [0.1, 0.15) is 38.5 Å². The quantitative estimate of drug-likeness (QED) is 0.492. The van der Waals surface area contributed by atoms with E-state index >= 15 is 0 Å². The molecule has 0 aliphatic carbocycles. The minimum atomic E-state index is 1.09. The van der Waals surface area contributed by atoms with Crippen molar-refractivity contribution in [3.8, 4) is 0 Å². The summed E-state index contributed by atoms with van der Waals surface area (Å²) in [7, 11) is 0. The van der Waals surface area contributed by atoms with Gasteiger partial charge in [0.2, 0.25) is 0 Å². The lowest BCUT2D eigenvalue weighted by Gasteiger charge is -1.94. The topological polar surface area (TPSA) is 0 Å². The first kappa shape index (κ1) is 9.74. The van der Waals surface area contributed by atoms with Crippen LogP contribution in [0.3, 0.4) is 0 Å². The molecule has 0 aliphatic heterocycles. The zero-order valence-corrected chi connectivity index (χ0v) is 6.81. The van der Waals surface area contributed by atoms with Gasteiger partial charge in [-0.3, -0.25) is 0 Å². The van der Waals surface area contributed by atoms with Crippen molar-refractivity contribution in [3.63, 3.8) is 0 Å². The minimum Gasteiger partial charge on any atom is -0.0885 e. The molecule has 0 aromatic carbocycles. The summed E-state index contributed by atoms with van der Waals surface area (Å²) in [6.45, 7) is 7.42. The monoisotopic (exact) mass is 138 g/mol. The molecule has 0 rings (SSSR count). The van der Waals surface area contributed by atoms with Crippen LogP contribution in [0.15, 0.2) is 12.2 Å². The molecule has 0 nitrogen and oxygen atoms in total. The Labute approximate surface area is 65.3 Å². The predicted molar refractivity (Wildman–Crippen MR) is 47.6 cm³/mol. The predicted octanol–water partition coefficient (Wildman–Crippen LogP) is 3.55. The van der Waals surface area contributed by atoms with E-state index in [0.29, 0.717) is 0 Å². The average Bonchev–Trinajstić information content (AvgIpc) is 1.97. The summed E-state index contributed by atoms with van der Waals surface area (Å²) in [5.74, 6) is 0. The fraction of sp³-hybridized carbons (Fsp3) is 0.600. The van der Waals surface area contributed by atoms with E-state index < -0.39 is 0 Å². The van der Waals surface area contributed by atoms with Crippen LogP contribution in [0.25, 0.3) is 0 Å². The van der Waals surface area contributed by atoms with Gasteiger partial charge >= 0.3 is 0 Å². The fourth-order valence-electron chi connectivity index (χ4n) is 0.910. The Morgan fingerprint density at radius 3 is 2.30 bits per heavy atom. The van der Waals surface area contributed by atoms with Gasteiger partial charge in [-0.15, -0.1) is 0 Å². The first-order valence-corrected chi connectivity index (χ1v) is 4.15. The minimum absolute atomic E-state index is 1.09. The smallest absolute Gasteiger partial charge is 0.0316 e. The van der Waals surface area contributed by atoms with Crippen molar-refractivity contribution < 1.29 is 0 Å². The first-order chi connectivity index (χ1) is 4.91. The van der Waals surface area contributed by atoms with E-state index in [9.17, 15) is 0 Å². The van der Waals surface area contributed by atoms with E-state index in [-0.39, 0.29) is 0 Å². The summed E-state index contributed by atoms with van der Waals surface area (Å²) < 4.78 is 0. The Morgan fingerprint density at radius 2 is 1.70 bits per heavy atom. The van der Waals surface area contributed by atoms with Crippen molar-refractivity contribution in [1.29, 1.82) is 0 Å². The molecule has 0 amide bonds. The lowest BCUT2D eigenvalue weighted by molar-refractivity contribution is 0.651. The molecule has 0 heterocycles. The number of rotatable bonds is 6. The molecule has 0 saturated carbocycles. The Bertz CT molecular complexity index is 72.1. The zero-order chi connectivity index (χ0) is 7.66. The molecule has 0 spiro atoms. The van der Waals surface area contributed by atoms with Gasteiger partial charge in [0.25, 0.3) is 0 Å². The Kier molecular flexibility index (Phi) is 8.51. The van der Waals surface area contributed by atoms with Crippen molar-refractivity contribution in [2.24, 2.45) is 0 Å². The molecule has 58 valence electrons. The van der Waals surface area contributed by atoms with Gasteiger partial charge < -0.3 is 0 Å². The van der Waals surface area contributed by atoms with Crippen LogP contribution < -0.4 is 0 Å². The third kappa shape index (κ3) is 7.74. The Morgan fingerprint density at radius 1 is 1.00 bits per heavy atom. The molecule has 0 aliphatic rings. The van der Waals surface area contributed by atoms with Gasteiger partial charge in [-0.25, -0.2) is 0 Å². The van der Waals surface area contributed by atoms with Crippen LogP contribution >= 0.6 is 0 Å². The fourth-order valence-corrected chi connectivity index (χ4v) is 0.910. The van der Waals surface area contributed by atoms with Crippen molar-refractivity contribution in [1.82, 2.24) is 0 Å². The molecule has 0 N–H and O–H groups in total. The zero-order valence-electron chi connectivity index (χ0n) is 6.81. The van der Waals surface area contributed by atoms with Gasteiger partial charge in [-0.05, 0) is 19.8 Å². The molecular weight excluding hydrogens is 120 g/mol. The second kappa shape index (κ2) is 8.74. The van der Waals surface area contributed by atoms with Crippen LogP contribution in [0, 0.1) is 13.8 Å². The van der Waals surface area contributed by atoms with Gasteiger partial charge in [-0.2, -0.15) is 0 Å². The van der Waals surface area contributed by atoms with Crippen LogP contribution in [-0.2, 0) is 0 Å². The Balaban J connectivity index is 2.77. The average molecular weight is 138 g/mol. The van der Waals surface area contributed by atoms with Crippen LogP contribution in [0.5, 0.6) is 0 Å². The summed E-state index contributed by atoms with van der Waals surface area (Å²) in [5, 5.41) is 0. The molecule has 2 radical (unpaired) electrons. The second-order valence-corrected chi connectivity index (χ2v) is 2.53. The third-order valence-electron chi connectivity index (χ3n) is 1.54. The lowest BCUT2D eigenvalue weighted by atomic mass is 10.1. The molecule has 0 saturated heterocycles. The molecule has 0 aromatic rings. The highest BCUT2D eigenvalue weighted by molar-refractivity contribution is 4.83. The van der Waals surface area contributed by atoms with Gasteiger partial charge in [0.1, 0.15) is 0 Å². The summed E-state index contributed by atoms with van der Waals surface area (Å²) in [6, 6.07) is 0. The number of hydrogen-bond donors (Lipinski definition) is 0. The molecular formula is C10H18. The van der Waals surface area contributed by atoms with Crippen molar-refractivity contribution in [2.45, 2.75) is 38.5 Å². The SMILES string of the molecule is [CH2]/C=C/CCCCCC[CH2]. The van der Waals surface area contributed by atoms with Crippen LogP contribution in [-0.4, -0.2) is 0 Å². The largest absolute Gasteiger partial charge is 0.0885 e. The van der Waals surface area contributed by atoms with E-state index in [1.54, 1.807) is 0 Å². The number of unbranched alkanes of at least 4 members (excludes halogenated alkanes) is 5. The first-order valence-electron chi connectivity index (χ1n) is 4.15. The van der Waals surface area contributed by atoms with Gasteiger partial charge in [0.15, 0.2) is 0 Å². The molecule has 0 fully saturated rings. The molecule has 0 aromatic heterocycles. The highest BCUT2D eigenvalue weighted by Crippen LogP contribution is 2.04. The van der Waals surface area contributed by atoms with Gasteiger partial charge in [0, 0.05) is 0 Å². The van der Waals surface area contributed by atoms with Gasteiger partial charge in [-0.1, -0.05) is 44.8 Å². The highest BCUT2D eigenvalue weighted by atomic mass is 13.9. The Hall–Kier alpha value is -0.260. The van der Waals surface area contributed by atoms with E-state index in [1.165, 1.54) is 32.1 Å². The van der Waals surface area contributed by atoms with E-state index in [4.69, 9.17) is 0 Å². The molecule has 0 heteroatoms. The highest BCUT2D eigenvalue weighted by Gasteiger charge is 1.85. The summed E-state index contributed by atoms with van der Waals surface area (Å²) in [4.78, 5) is 0. The summed E-state index contributed by atoms with van der Waals surface area (Å²) in [5.41, 5.74) is 0. The molecule has 0 unspecified atom stereocenters. The third-order valence-corrected chi connectivity index (χ3v) is 1.54. The van der Waals surface area contributed by atoms with Crippen LogP contribution in [0.2, 0.25) is 0 Å². The second-order valence-electron chi connectivity index (χ2n) is 2.53. The van der Waals surface area contributed by atoms with Crippen LogP contribution in [0.4, 0.5) is 0 Å². The number of hydrogen-bond acceptors (Lipinski definition) is 0. The normalized spacial score (nSPS) is 11.0. The maximum Gasteiger partial charge on any atom is -0.0316 e. The van der Waals surface area contributed by atoms with E-state index in [1.807, 2.05) is 6.08 Å². The summed E-state index contributed by atoms with van der Waals surface area (Å²) in [6.07, 6.45) is 11.6. The van der Waals surface area contributed by atoms with Crippen molar-refractivity contribution in [2.75, 3.05) is 0 Å². The summed E-state index contributed by atoms with van der Waals surface area (Å²) >= 11 is 0. The molecule has 0 atom stereocenters. The van der Waals surface area contributed by atoms with Crippen molar-refractivity contribution >= 4 is 0 Å². The standard InChI is InChI=1S/C10H18/c1-3-5-7-9-10-8-6-4-2/h3,5H,1-2,4,6-10H2/b5-3+. The maximum absolute atomic E-state index is 3.80. The van der Waals surface area contributed by atoms with E-state index in [2.05, 4.69) is 19.9 Å².